The molecule has 1 N–H and O–H groups in total. The molecular formula is C16H14N2O3. The predicted molar refractivity (Wildman–Crippen MR) is 78.4 cm³/mol. The number of imidazole rings is 1. The van der Waals surface area contributed by atoms with Crippen LogP contribution in [0.4, 0.5) is 0 Å². The Morgan fingerprint density at radius 2 is 2.00 bits per heavy atom. The summed E-state index contributed by atoms with van der Waals surface area (Å²) < 4.78 is 7.52. The first-order valence-corrected chi connectivity index (χ1v) is 6.49. The molecular weight excluding hydrogens is 268 g/mol. The van der Waals surface area contributed by atoms with E-state index in [1.54, 1.807) is 24.7 Å². The van der Waals surface area contributed by atoms with Crippen LogP contribution in [0.5, 0.6) is 5.75 Å². The summed E-state index contributed by atoms with van der Waals surface area (Å²) in [6.07, 6.45) is 3.37. The molecule has 0 saturated heterocycles. The maximum atomic E-state index is 11.4. The van der Waals surface area contributed by atoms with Crippen molar-refractivity contribution in [2.24, 2.45) is 7.05 Å². The number of nitrogens with zero attached hydrogens (tertiary/aromatic N) is 2. The van der Waals surface area contributed by atoms with E-state index in [0.717, 1.165) is 16.5 Å². The lowest BCUT2D eigenvalue weighted by atomic mass is 10.1. The van der Waals surface area contributed by atoms with Crippen LogP contribution >= 0.6 is 0 Å². The van der Waals surface area contributed by atoms with Crippen molar-refractivity contribution < 1.29 is 14.6 Å². The number of fused-ring (bicyclic) bond motifs is 1. The van der Waals surface area contributed by atoms with Crippen LogP contribution in [-0.2, 0) is 13.7 Å². The Kier molecular flexibility index (Phi) is 3.31. The number of rotatable bonds is 4. The van der Waals surface area contributed by atoms with E-state index in [9.17, 15) is 9.90 Å². The Bertz CT molecular complexity index is 808. The van der Waals surface area contributed by atoms with E-state index in [1.807, 2.05) is 35.9 Å². The molecule has 0 aliphatic heterocycles. The van der Waals surface area contributed by atoms with Gasteiger partial charge < -0.3 is 14.4 Å². The molecule has 0 saturated carbocycles. The lowest BCUT2D eigenvalue weighted by Crippen LogP contribution is -2.05. The van der Waals surface area contributed by atoms with Crippen molar-refractivity contribution in [1.82, 2.24) is 9.55 Å². The molecule has 3 aromatic rings. The summed E-state index contributed by atoms with van der Waals surface area (Å²) in [7, 11) is 1.87. The summed E-state index contributed by atoms with van der Waals surface area (Å²) >= 11 is 0. The molecule has 0 radical (unpaired) electrons. The van der Waals surface area contributed by atoms with Gasteiger partial charge in [-0.2, -0.15) is 0 Å². The van der Waals surface area contributed by atoms with Gasteiger partial charge in [-0.15, -0.1) is 0 Å². The molecule has 5 heteroatoms. The Morgan fingerprint density at radius 3 is 2.62 bits per heavy atom. The van der Waals surface area contributed by atoms with Crippen LogP contribution in [0.2, 0.25) is 0 Å². The van der Waals surface area contributed by atoms with E-state index in [0.29, 0.717) is 5.75 Å². The van der Waals surface area contributed by atoms with E-state index >= 15 is 0 Å². The highest BCUT2D eigenvalue weighted by Crippen LogP contribution is 2.26. The third-order valence-corrected chi connectivity index (χ3v) is 3.37. The maximum Gasteiger partial charge on any atom is 0.339 e. The molecule has 106 valence electrons. The standard InChI is InChI=1S/C16H14N2O3/c1-18-10-17-8-13(18)9-21-15-7-12-5-3-2-4-11(12)6-14(15)16(19)20/h2-8,10H,9H2,1H3,(H,19,20). The van der Waals surface area contributed by atoms with Crippen LogP contribution in [-0.4, -0.2) is 20.6 Å². The second-order valence-corrected chi connectivity index (χ2v) is 4.79. The third-order valence-electron chi connectivity index (χ3n) is 3.37. The van der Waals surface area contributed by atoms with Crippen molar-refractivity contribution in [2.45, 2.75) is 6.61 Å². The average Bonchev–Trinajstić information content (AvgIpc) is 2.89. The number of hydrogen-bond donors (Lipinski definition) is 1. The summed E-state index contributed by atoms with van der Waals surface area (Å²) in [4.78, 5) is 15.4. The first-order chi connectivity index (χ1) is 10.1. The fourth-order valence-electron chi connectivity index (χ4n) is 2.18. The number of carbonyl (C=O) groups is 1. The fraction of sp³-hybridized carbons (Fsp3) is 0.125. The van der Waals surface area contributed by atoms with Gasteiger partial charge >= 0.3 is 5.97 Å². The largest absolute Gasteiger partial charge is 0.486 e. The summed E-state index contributed by atoms with van der Waals surface area (Å²) in [5.74, 6) is -0.636. The number of carboxylic acids is 1. The van der Waals surface area contributed by atoms with Gasteiger partial charge in [-0.05, 0) is 22.9 Å². The quantitative estimate of drug-likeness (QED) is 0.799. The summed E-state index contributed by atoms with van der Waals surface area (Å²) in [6, 6.07) is 11.0. The van der Waals surface area contributed by atoms with Crippen molar-refractivity contribution in [3.8, 4) is 5.75 Å². The normalized spacial score (nSPS) is 10.7. The molecule has 0 amide bonds. The van der Waals surface area contributed by atoms with Crippen LogP contribution in [0.1, 0.15) is 16.1 Å². The van der Waals surface area contributed by atoms with Crippen LogP contribution in [0.3, 0.4) is 0 Å². The molecule has 1 aromatic heterocycles. The van der Waals surface area contributed by atoms with Gasteiger partial charge in [-0.25, -0.2) is 9.78 Å². The van der Waals surface area contributed by atoms with Gasteiger partial charge in [0.15, 0.2) is 0 Å². The molecule has 0 aliphatic carbocycles. The Hall–Kier alpha value is -2.82. The lowest BCUT2D eigenvalue weighted by molar-refractivity contribution is 0.0692. The van der Waals surface area contributed by atoms with Gasteiger partial charge in [0.25, 0.3) is 0 Å². The molecule has 0 bridgehead atoms. The first-order valence-electron chi connectivity index (χ1n) is 6.49. The highest BCUT2D eigenvalue weighted by atomic mass is 16.5. The summed E-state index contributed by atoms with van der Waals surface area (Å²) in [5.41, 5.74) is 1.04. The number of hydrogen-bond acceptors (Lipinski definition) is 3. The number of aromatic nitrogens is 2. The Labute approximate surface area is 121 Å². The van der Waals surface area contributed by atoms with Crippen molar-refractivity contribution >= 4 is 16.7 Å². The monoisotopic (exact) mass is 282 g/mol. The lowest BCUT2D eigenvalue weighted by Gasteiger charge is -2.11. The van der Waals surface area contributed by atoms with Gasteiger partial charge in [-0.1, -0.05) is 24.3 Å². The second-order valence-electron chi connectivity index (χ2n) is 4.79. The average molecular weight is 282 g/mol. The predicted octanol–water partition coefficient (Wildman–Crippen LogP) is 2.85. The summed E-state index contributed by atoms with van der Waals surface area (Å²) in [5, 5.41) is 11.2. The highest BCUT2D eigenvalue weighted by Gasteiger charge is 2.13. The topological polar surface area (TPSA) is 64.4 Å². The Balaban J connectivity index is 1.97. The molecule has 0 aliphatic rings. The molecule has 21 heavy (non-hydrogen) atoms. The number of aromatic carboxylic acids is 1. The number of carboxylic acid groups (broad SMARTS) is 1. The molecule has 5 nitrogen and oxygen atoms in total. The van der Waals surface area contributed by atoms with Crippen molar-refractivity contribution in [3.63, 3.8) is 0 Å². The zero-order valence-electron chi connectivity index (χ0n) is 11.5. The molecule has 3 rings (SSSR count). The van der Waals surface area contributed by atoms with Gasteiger partial charge in [0, 0.05) is 7.05 Å². The van der Waals surface area contributed by atoms with Crippen LogP contribution in [0.15, 0.2) is 48.9 Å². The van der Waals surface area contributed by atoms with Gasteiger partial charge in [-0.3, -0.25) is 0 Å². The SMILES string of the molecule is Cn1cncc1COc1cc2ccccc2cc1C(=O)O. The van der Waals surface area contributed by atoms with E-state index in [2.05, 4.69) is 4.98 Å². The Morgan fingerprint density at radius 1 is 1.29 bits per heavy atom. The van der Waals surface area contributed by atoms with Crippen molar-refractivity contribution in [3.05, 3.63) is 60.2 Å². The van der Waals surface area contributed by atoms with Crippen molar-refractivity contribution in [1.29, 1.82) is 0 Å². The van der Waals surface area contributed by atoms with Gasteiger partial charge in [0.05, 0.1) is 18.2 Å². The molecule has 0 unspecified atom stereocenters. The van der Waals surface area contributed by atoms with E-state index in [1.165, 1.54) is 0 Å². The van der Waals surface area contributed by atoms with E-state index in [4.69, 9.17) is 4.74 Å². The first kappa shape index (κ1) is 13.2. The number of ether oxygens (including phenoxy) is 1. The fourth-order valence-corrected chi connectivity index (χ4v) is 2.18. The smallest absolute Gasteiger partial charge is 0.339 e. The second kappa shape index (κ2) is 5.28. The minimum Gasteiger partial charge on any atom is -0.486 e. The highest BCUT2D eigenvalue weighted by molar-refractivity contribution is 5.97. The molecule has 0 fully saturated rings. The van der Waals surface area contributed by atoms with Crippen LogP contribution in [0.25, 0.3) is 10.8 Å². The van der Waals surface area contributed by atoms with Gasteiger partial charge in [0.2, 0.25) is 0 Å². The van der Waals surface area contributed by atoms with Gasteiger partial charge in [0.1, 0.15) is 17.9 Å². The minimum absolute atomic E-state index is 0.163. The molecule has 1 heterocycles. The zero-order chi connectivity index (χ0) is 14.8. The van der Waals surface area contributed by atoms with E-state index in [-0.39, 0.29) is 12.2 Å². The zero-order valence-corrected chi connectivity index (χ0v) is 11.5. The third kappa shape index (κ3) is 2.58. The van der Waals surface area contributed by atoms with E-state index < -0.39 is 5.97 Å². The molecule has 0 atom stereocenters. The maximum absolute atomic E-state index is 11.4. The molecule has 0 spiro atoms. The van der Waals surface area contributed by atoms with Crippen LogP contribution in [0, 0.1) is 0 Å². The number of aryl methyl sites for hydroxylation is 1. The van der Waals surface area contributed by atoms with Crippen molar-refractivity contribution in [2.75, 3.05) is 0 Å². The van der Waals surface area contributed by atoms with Crippen LogP contribution < -0.4 is 4.74 Å². The number of benzene rings is 2. The molecule has 2 aromatic carbocycles. The minimum atomic E-state index is -0.999. The summed E-state index contributed by atoms with van der Waals surface area (Å²) in [6.45, 7) is 0.273.